The predicted molar refractivity (Wildman–Crippen MR) is 87.3 cm³/mol. The summed E-state index contributed by atoms with van der Waals surface area (Å²) in [5, 5.41) is 3.25. The van der Waals surface area contributed by atoms with Gasteiger partial charge in [-0.1, -0.05) is 6.42 Å². The monoisotopic (exact) mass is 322 g/mol. The molecule has 4 aliphatic rings. The van der Waals surface area contributed by atoms with Gasteiger partial charge in [0.1, 0.15) is 6.04 Å². The van der Waals surface area contributed by atoms with E-state index >= 15 is 0 Å². The van der Waals surface area contributed by atoms with Crippen molar-refractivity contribution in [1.82, 2.24) is 10.2 Å². The van der Waals surface area contributed by atoms with Crippen LogP contribution < -0.4 is 5.32 Å². The molecule has 2 aliphatic heterocycles. The fraction of sp³-hybridized carbons (Fsp3) is 0.882. The molecule has 2 aliphatic carbocycles. The van der Waals surface area contributed by atoms with Crippen molar-refractivity contribution in [3.05, 3.63) is 0 Å². The highest BCUT2D eigenvalue weighted by Gasteiger charge is 2.53. The van der Waals surface area contributed by atoms with Crippen molar-refractivity contribution in [2.24, 2.45) is 17.8 Å². The van der Waals surface area contributed by atoms with Crippen LogP contribution in [-0.4, -0.2) is 39.4 Å². The van der Waals surface area contributed by atoms with E-state index in [1.807, 2.05) is 4.90 Å². The molecule has 2 heterocycles. The Morgan fingerprint density at radius 2 is 2.23 bits per heavy atom. The van der Waals surface area contributed by atoms with Gasteiger partial charge in [0.15, 0.2) is 0 Å². The molecule has 2 saturated heterocycles. The van der Waals surface area contributed by atoms with Crippen molar-refractivity contribution >= 4 is 23.6 Å². The van der Waals surface area contributed by atoms with E-state index in [1.54, 1.807) is 11.8 Å². The second kappa shape index (κ2) is 5.15. The number of rotatable bonds is 3. The lowest BCUT2D eigenvalue weighted by molar-refractivity contribution is -0.138. The average molecular weight is 322 g/mol. The topological polar surface area (TPSA) is 49.4 Å². The number of nitrogens with one attached hydrogen (secondary N) is 1. The van der Waals surface area contributed by atoms with Crippen LogP contribution in [0.25, 0.3) is 0 Å². The summed E-state index contributed by atoms with van der Waals surface area (Å²) in [7, 11) is 0. The lowest BCUT2D eigenvalue weighted by atomic mass is 9.84. The Hall–Kier alpha value is -0.710. The highest BCUT2D eigenvalue weighted by Crippen LogP contribution is 2.50. The number of nitrogens with zero attached hydrogens (tertiary/aromatic N) is 1. The van der Waals surface area contributed by atoms with Gasteiger partial charge in [0, 0.05) is 18.2 Å². The highest BCUT2D eigenvalue weighted by molar-refractivity contribution is 8.01. The highest BCUT2D eigenvalue weighted by atomic mass is 32.2. The standard InChI is InChI=1S/C17H26N2O2S/c1-10(13-8-11-3-4-12(13)7-11)18-16(21)14-9-22-17(2)6-5-15(20)19(14)17/h10-14H,3-9H2,1-2H3,(H,18,21)/t10-,11-,12-,13-,14-,17+/m0/s1. The summed E-state index contributed by atoms with van der Waals surface area (Å²) >= 11 is 1.77. The van der Waals surface area contributed by atoms with E-state index < -0.39 is 0 Å². The van der Waals surface area contributed by atoms with Gasteiger partial charge in [-0.3, -0.25) is 9.59 Å². The predicted octanol–water partition coefficient (Wildman–Crippen LogP) is 2.38. The molecule has 0 radical (unpaired) electrons. The first-order valence-electron chi connectivity index (χ1n) is 8.74. The smallest absolute Gasteiger partial charge is 0.243 e. The third kappa shape index (κ3) is 2.19. The van der Waals surface area contributed by atoms with Gasteiger partial charge in [-0.05, 0) is 57.3 Å². The summed E-state index contributed by atoms with van der Waals surface area (Å²) in [6, 6.07) is -0.0107. The Morgan fingerprint density at radius 1 is 1.41 bits per heavy atom. The van der Waals surface area contributed by atoms with E-state index in [-0.39, 0.29) is 28.8 Å². The van der Waals surface area contributed by atoms with E-state index in [4.69, 9.17) is 0 Å². The molecule has 5 heteroatoms. The minimum absolute atomic E-state index is 0.0711. The molecule has 2 saturated carbocycles. The lowest BCUT2D eigenvalue weighted by Gasteiger charge is -2.32. The number of thioether (sulfide) groups is 1. The van der Waals surface area contributed by atoms with Crippen molar-refractivity contribution in [3.8, 4) is 0 Å². The molecule has 6 atom stereocenters. The van der Waals surface area contributed by atoms with Gasteiger partial charge in [0.25, 0.3) is 0 Å². The summed E-state index contributed by atoms with van der Waals surface area (Å²) in [4.78, 5) is 26.6. The second-order valence-corrected chi connectivity index (χ2v) is 9.40. The Kier molecular flexibility index (Phi) is 3.48. The minimum Gasteiger partial charge on any atom is -0.352 e. The van der Waals surface area contributed by atoms with Crippen LogP contribution >= 0.6 is 11.8 Å². The average Bonchev–Trinajstić information content (AvgIpc) is 3.21. The Balaban J connectivity index is 1.41. The number of hydrogen-bond donors (Lipinski definition) is 1. The van der Waals surface area contributed by atoms with Gasteiger partial charge in [-0.15, -0.1) is 11.8 Å². The van der Waals surface area contributed by atoms with Crippen LogP contribution in [0.1, 0.15) is 52.4 Å². The van der Waals surface area contributed by atoms with Gasteiger partial charge in [0.2, 0.25) is 11.8 Å². The molecule has 22 heavy (non-hydrogen) atoms. The Bertz CT molecular complexity index is 511. The van der Waals surface area contributed by atoms with Crippen LogP contribution in [0, 0.1) is 17.8 Å². The Morgan fingerprint density at radius 3 is 2.91 bits per heavy atom. The first-order chi connectivity index (χ1) is 10.5. The maximum absolute atomic E-state index is 12.7. The molecule has 0 unspecified atom stereocenters. The number of carbonyl (C=O) groups excluding carboxylic acids is 2. The van der Waals surface area contributed by atoms with Crippen molar-refractivity contribution < 1.29 is 9.59 Å². The van der Waals surface area contributed by atoms with Crippen LogP contribution in [0.4, 0.5) is 0 Å². The number of hydrogen-bond acceptors (Lipinski definition) is 3. The summed E-state index contributed by atoms with van der Waals surface area (Å²) in [6.07, 6.45) is 6.86. The fourth-order valence-electron chi connectivity index (χ4n) is 5.35. The number of amides is 2. The zero-order valence-corrected chi connectivity index (χ0v) is 14.3. The first-order valence-corrected chi connectivity index (χ1v) is 9.73. The molecule has 4 fully saturated rings. The van der Waals surface area contributed by atoms with Crippen LogP contribution in [0.2, 0.25) is 0 Å². The quantitative estimate of drug-likeness (QED) is 0.868. The Labute approximate surface area is 136 Å². The normalized spacial score (nSPS) is 44.5. The zero-order valence-electron chi connectivity index (χ0n) is 13.5. The van der Waals surface area contributed by atoms with E-state index in [0.717, 1.165) is 24.0 Å². The molecular formula is C17H26N2O2S. The molecule has 0 aromatic carbocycles. The largest absolute Gasteiger partial charge is 0.352 e. The number of carbonyl (C=O) groups is 2. The SMILES string of the molecule is C[C@H](NC(=O)[C@@H]1CS[C@]2(C)CCC(=O)N12)[C@@H]1C[C@H]2CC[C@H]1C2. The summed E-state index contributed by atoms with van der Waals surface area (Å²) in [6.45, 7) is 4.27. The van der Waals surface area contributed by atoms with Crippen molar-refractivity contribution in [3.63, 3.8) is 0 Å². The van der Waals surface area contributed by atoms with Gasteiger partial charge >= 0.3 is 0 Å². The van der Waals surface area contributed by atoms with Crippen LogP contribution in [0.5, 0.6) is 0 Å². The third-order valence-electron chi connectivity index (χ3n) is 6.55. The van der Waals surface area contributed by atoms with E-state index in [9.17, 15) is 9.59 Å². The molecule has 4 rings (SSSR count). The molecule has 2 bridgehead atoms. The first kappa shape index (κ1) is 14.9. The summed E-state index contributed by atoms with van der Waals surface area (Å²) in [5.74, 6) is 3.34. The summed E-state index contributed by atoms with van der Waals surface area (Å²) < 4.78 is 0. The summed E-state index contributed by atoms with van der Waals surface area (Å²) in [5.41, 5.74) is 0. The molecule has 4 nitrogen and oxygen atoms in total. The fourth-order valence-corrected chi connectivity index (χ4v) is 6.78. The minimum atomic E-state index is -0.258. The van der Waals surface area contributed by atoms with Crippen molar-refractivity contribution in [1.29, 1.82) is 0 Å². The maximum Gasteiger partial charge on any atom is 0.243 e. The van der Waals surface area contributed by atoms with E-state index in [1.165, 1.54) is 25.7 Å². The molecule has 0 aromatic heterocycles. The molecule has 1 N–H and O–H groups in total. The van der Waals surface area contributed by atoms with Gasteiger partial charge < -0.3 is 10.2 Å². The zero-order chi connectivity index (χ0) is 15.5. The van der Waals surface area contributed by atoms with Crippen LogP contribution in [-0.2, 0) is 9.59 Å². The van der Waals surface area contributed by atoms with E-state index in [0.29, 0.717) is 12.3 Å². The van der Waals surface area contributed by atoms with E-state index in [2.05, 4.69) is 19.2 Å². The third-order valence-corrected chi connectivity index (χ3v) is 8.06. The maximum atomic E-state index is 12.7. The molecule has 2 amide bonds. The van der Waals surface area contributed by atoms with Crippen LogP contribution in [0.15, 0.2) is 0 Å². The van der Waals surface area contributed by atoms with Crippen molar-refractivity contribution in [2.45, 2.75) is 69.3 Å². The molecule has 0 spiro atoms. The van der Waals surface area contributed by atoms with Crippen LogP contribution in [0.3, 0.4) is 0 Å². The molecular weight excluding hydrogens is 296 g/mol. The number of fused-ring (bicyclic) bond motifs is 3. The van der Waals surface area contributed by atoms with Gasteiger partial charge in [-0.25, -0.2) is 0 Å². The lowest BCUT2D eigenvalue weighted by Crippen LogP contribution is -2.53. The van der Waals surface area contributed by atoms with Gasteiger partial charge in [-0.2, -0.15) is 0 Å². The molecule has 0 aromatic rings. The van der Waals surface area contributed by atoms with Gasteiger partial charge in [0.05, 0.1) is 4.87 Å². The van der Waals surface area contributed by atoms with Crippen molar-refractivity contribution in [2.75, 3.05) is 5.75 Å². The second-order valence-electron chi connectivity index (χ2n) is 7.90. The molecule has 122 valence electrons.